The molecule has 0 radical (unpaired) electrons. The predicted octanol–water partition coefficient (Wildman–Crippen LogP) is 3.00. The Morgan fingerprint density at radius 2 is 2.05 bits per heavy atom. The first kappa shape index (κ1) is 12.4. The highest BCUT2D eigenvalue weighted by atomic mass is 16.5. The van der Waals surface area contributed by atoms with Gasteiger partial charge in [-0.05, 0) is 24.3 Å². The number of Topliss-reactive ketones (excluding diaryl/α,β-unsaturated/α-hetero) is 1. The normalized spacial score (nSPS) is 10.7. The maximum atomic E-state index is 12.2. The number of methoxy groups -OCH3 is 1. The summed E-state index contributed by atoms with van der Waals surface area (Å²) in [6.07, 6.45) is 0.252. The number of benzene rings is 2. The molecule has 0 aliphatic heterocycles. The number of hydrogen-bond donors (Lipinski definition) is 1. The average molecular weight is 266 g/mol. The zero-order valence-corrected chi connectivity index (χ0v) is 11.1. The number of H-pyrrole nitrogens is 1. The van der Waals surface area contributed by atoms with Crippen LogP contribution in [0, 0.1) is 0 Å². The zero-order chi connectivity index (χ0) is 13.9. The van der Waals surface area contributed by atoms with Crippen molar-refractivity contribution in [3.8, 4) is 5.75 Å². The lowest BCUT2D eigenvalue weighted by molar-refractivity contribution is 0.0991. The fraction of sp³-hybridized carbons (Fsp3) is 0.125. The molecule has 0 spiro atoms. The highest BCUT2D eigenvalue weighted by Crippen LogP contribution is 2.16. The van der Waals surface area contributed by atoms with Crippen LogP contribution in [0.1, 0.15) is 16.2 Å². The van der Waals surface area contributed by atoms with Crippen LogP contribution in [0.5, 0.6) is 5.75 Å². The monoisotopic (exact) mass is 266 g/mol. The van der Waals surface area contributed by atoms with Gasteiger partial charge < -0.3 is 9.72 Å². The van der Waals surface area contributed by atoms with E-state index in [0.29, 0.717) is 17.1 Å². The van der Waals surface area contributed by atoms with Crippen LogP contribution in [0.25, 0.3) is 11.0 Å². The van der Waals surface area contributed by atoms with Gasteiger partial charge in [-0.25, -0.2) is 4.98 Å². The summed E-state index contributed by atoms with van der Waals surface area (Å²) < 4.78 is 5.13. The van der Waals surface area contributed by atoms with Crippen LogP contribution in [-0.2, 0) is 6.42 Å². The molecule has 0 aliphatic rings. The van der Waals surface area contributed by atoms with E-state index in [1.807, 2.05) is 36.4 Å². The molecular weight excluding hydrogens is 252 g/mol. The fourth-order valence-electron chi connectivity index (χ4n) is 2.14. The molecule has 0 bridgehead atoms. The first-order valence-electron chi connectivity index (χ1n) is 6.37. The molecule has 1 N–H and O–H groups in total. The number of aromatic amines is 1. The van der Waals surface area contributed by atoms with Crippen molar-refractivity contribution in [3.05, 3.63) is 59.9 Å². The Hall–Kier alpha value is -2.62. The smallest absolute Gasteiger partial charge is 0.170 e. The van der Waals surface area contributed by atoms with Gasteiger partial charge in [-0.1, -0.05) is 24.3 Å². The molecule has 0 saturated carbocycles. The van der Waals surface area contributed by atoms with E-state index in [-0.39, 0.29) is 12.2 Å². The van der Waals surface area contributed by atoms with E-state index in [1.165, 1.54) is 0 Å². The molecule has 3 rings (SSSR count). The van der Waals surface area contributed by atoms with E-state index in [1.54, 1.807) is 19.2 Å². The predicted molar refractivity (Wildman–Crippen MR) is 77.1 cm³/mol. The summed E-state index contributed by atoms with van der Waals surface area (Å²) in [7, 11) is 1.59. The Balaban J connectivity index is 1.84. The molecule has 4 heteroatoms. The van der Waals surface area contributed by atoms with Crippen LogP contribution in [0.4, 0.5) is 0 Å². The number of carbonyl (C=O) groups is 1. The summed E-state index contributed by atoms with van der Waals surface area (Å²) in [4.78, 5) is 19.8. The number of fused-ring (bicyclic) bond motifs is 1. The van der Waals surface area contributed by atoms with Crippen LogP contribution in [0.3, 0.4) is 0 Å². The standard InChI is InChI=1S/C16H14N2O2/c1-20-12-6-4-5-11(9-12)15(19)10-16-17-13-7-2-3-8-14(13)18-16/h2-9H,10H2,1H3,(H,17,18). The van der Waals surface area contributed by atoms with E-state index in [2.05, 4.69) is 9.97 Å². The number of imidazole rings is 1. The Bertz CT molecular complexity index is 729. The minimum absolute atomic E-state index is 0.0166. The maximum absolute atomic E-state index is 12.2. The number of hydrogen-bond acceptors (Lipinski definition) is 3. The Morgan fingerprint density at radius 3 is 2.85 bits per heavy atom. The molecule has 1 aromatic heterocycles. The molecule has 100 valence electrons. The van der Waals surface area contributed by atoms with Crippen molar-refractivity contribution in [3.63, 3.8) is 0 Å². The van der Waals surface area contributed by atoms with Crippen molar-refractivity contribution in [1.29, 1.82) is 0 Å². The summed E-state index contributed by atoms with van der Waals surface area (Å²) >= 11 is 0. The number of rotatable bonds is 4. The van der Waals surface area contributed by atoms with Crippen LogP contribution in [0.15, 0.2) is 48.5 Å². The molecule has 3 aromatic rings. The van der Waals surface area contributed by atoms with Gasteiger partial charge in [0.25, 0.3) is 0 Å². The van der Waals surface area contributed by atoms with E-state index in [4.69, 9.17) is 4.74 Å². The molecule has 0 amide bonds. The van der Waals surface area contributed by atoms with Crippen molar-refractivity contribution in [2.75, 3.05) is 7.11 Å². The fourth-order valence-corrected chi connectivity index (χ4v) is 2.14. The number of nitrogens with one attached hydrogen (secondary N) is 1. The van der Waals surface area contributed by atoms with Gasteiger partial charge in [0, 0.05) is 5.56 Å². The van der Waals surface area contributed by atoms with Crippen molar-refractivity contribution >= 4 is 16.8 Å². The quantitative estimate of drug-likeness (QED) is 0.738. The molecule has 20 heavy (non-hydrogen) atoms. The van der Waals surface area contributed by atoms with Crippen LogP contribution in [-0.4, -0.2) is 22.9 Å². The van der Waals surface area contributed by atoms with Crippen molar-refractivity contribution in [2.24, 2.45) is 0 Å². The first-order chi connectivity index (χ1) is 9.76. The second-order valence-corrected chi connectivity index (χ2v) is 4.53. The molecule has 1 heterocycles. The number of ketones is 1. The zero-order valence-electron chi connectivity index (χ0n) is 11.1. The highest BCUT2D eigenvalue weighted by Gasteiger charge is 2.11. The third-order valence-electron chi connectivity index (χ3n) is 3.16. The lowest BCUT2D eigenvalue weighted by Crippen LogP contribution is -2.05. The summed E-state index contributed by atoms with van der Waals surface area (Å²) in [6.45, 7) is 0. The highest BCUT2D eigenvalue weighted by molar-refractivity contribution is 5.97. The number of nitrogens with zero attached hydrogens (tertiary/aromatic N) is 1. The molecule has 0 aliphatic carbocycles. The lowest BCUT2D eigenvalue weighted by Gasteiger charge is -2.02. The second-order valence-electron chi connectivity index (χ2n) is 4.53. The summed E-state index contributed by atoms with van der Waals surface area (Å²) in [5.41, 5.74) is 2.45. The SMILES string of the molecule is COc1cccc(C(=O)Cc2nc3ccccc3[nH]2)c1. The first-order valence-corrected chi connectivity index (χ1v) is 6.37. The van der Waals surface area contributed by atoms with Gasteiger partial charge >= 0.3 is 0 Å². The molecular formula is C16H14N2O2. The molecule has 0 fully saturated rings. The van der Waals surface area contributed by atoms with Gasteiger partial charge in [-0.2, -0.15) is 0 Å². The summed E-state index contributed by atoms with van der Waals surface area (Å²) in [5.74, 6) is 1.38. The van der Waals surface area contributed by atoms with E-state index >= 15 is 0 Å². The van der Waals surface area contributed by atoms with Gasteiger partial charge in [-0.15, -0.1) is 0 Å². The lowest BCUT2D eigenvalue weighted by atomic mass is 10.1. The average Bonchev–Trinajstić information content (AvgIpc) is 2.89. The molecule has 0 unspecified atom stereocenters. The van der Waals surface area contributed by atoms with E-state index in [9.17, 15) is 4.79 Å². The number of ether oxygens (including phenoxy) is 1. The summed E-state index contributed by atoms with van der Waals surface area (Å²) in [5, 5.41) is 0. The van der Waals surface area contributed by atoms with E-state index < -0.39 is 0 Å². The molecule has 2 aromatic carbocycles. The molecule has 0 atom stereocenters. The maximum Gasteiger partial charge on any atom is 0.170 e. The third kappa shape index (κ3) is 2.40. The molecule has 0 saturated heterocycles. The third-order valence-corrected chi connectivity index (χ3v) is 3.16. The topological polar surface area (TPSA) is 55.0 Å². The van der Waals surface area contributed by atoms with Crippen LogP contribution >= 0.6 is 0 Å². The number of aromatic nitrogens is 2. The van der Waals surface area contributed by atoms with Gasteiger partial charge in [0.2, 0.25) is 0 Å². The van der Waals surface area contributed by atoms with Gasteiger partial charge in [0.05, 0.1) is 24.6 Å². The van der Waals surface area contributed by atoms with Gasteiger partial charge in [-0.3, -0.25) is 4.79 Å². The number of carbonyl (C=O) groups excluding carboxylic acids is 1. The largest absolute Gasteiger partial charge is 0.497 e. The Morgan fingerprint density at radius 1 is 1.20 bits per heavy atom. The van der Waals surface area contributed by atoms with Crippen molar-refractivity contribution < 1.29 is 9.53 Å². The Labute approximate surface area is 116 Å². The van der Waals surface area contributed by atoms with Crippen LogP contribution < -0.4 is 4.74 Å². The van der Waals surface area contributed by atoms with Gasteiger partial charge in [0.15, 0.2) is 5.78 Å². The van der Waals surface area contributed by atoms with Crippen LogP contribution in [0.2, 0.25) is 0 Å². The number of para-hydroxylation sites is 2. The van der Waals surface area contributed by atoms with Crippen molar-refractivity contribution in [2.45, 2.75) is 6.42 Å². The van der Waals surface area contributed by atoms with E-state index in [0.717, 1.165) is 11.0 Å². The van der Waals surface area contributed by atoms with Gasteiger partial charge in [0.1, 0.15) is 11.6 Å². The van der Waals surface area contributed by atoms with Crippen molar-refractivity contribution in [1.82, 2.24) is 9.97 Å². The second kappa shape index (κ2) is 5.17. The minimum atomic E-state index is 0.0166. The minimum Gasteiger partial charge on any atom is -0.497 e. The summed E-state index contributed by atoms with van der Waals surface area (Å²) in [6, 6.07) is 14.9. The Kier molecular flexibility index (Phi) is 3.21. The molecule has 4 nitrogen and oxygen atoms in total.